The van der Waals surface area contributed by atoms with E-state index < -0.39 is 0 Å². The largest absolute Gasteiger partial charge is 0.368 e. The van der Waals surface area contributed by atoms with Crippen molar-refractivity contribution in [1.82, 2.24) is 9.80 Å². The second kappa shape index (κ2) is 6.72. The molecule has 0 unspecified atom stereocenters. The lowest BCUT2D eigenvalue weighted by molar-refractivity contribution is 0.168. The van der Waals surface area contributed by atoms with Gasteiger partial charge in [-0.25, -0.2) is 0 Å². The maximum Gasteiger partial charge on any atom is 0.0918 e. The number of hydrogen-bond acceptors (Lipinski definition) is 3. The molecular formula is C24H23N3. The predicted octanol–water partition coefficient (Wildman–Crippen LogP) is 4.23. The van der Waals surface area contributed by atoms with E-state index in [-0.39, 0.29) is 0 Å². The van der Waals surface area contributed by atoms with Crippen molar-refractivity contribution in [2.45, 2.75) is 18.9 Å². The molecule has 1 saturated heterocycles. The van der Waals surface area contributed by atoms with Crippen LogP contribution in [-0.2, 0) is 0 Å². The first kappa shape index (κ1) is 16.4. The monoisotopic (exact) mass is 353 g/mol. The number of nitrogens with zero attached hydrogens (tertiary/aromatic N) is 3. The molecule has 0 radical (unpaired) electrons. The first-order valence-electron chi connectivity index (χ1n) is 9.85. The highest BCUT2D eigenvalue weighted by molar-refractivity contribution is 5.98. The Hall–Kier alpha value is -2.83. The Morgan fingerprint density at radius 2 is 1.52 bits per heavy atom. The molecule has 2 aromatic rings. The molecule has 0 N–H and O–H groups in total. The lowest BCUT2D eigenvalue weighted by Gasteiger charge is -2.38. The van der Waals surface area contributed by atoms with E-state index in [1.165, 1.54) is 29.7 Å². The summed E-state index contributed by atoms with van der Waals surface area (Å²) in [5.74, 6) is 0. The van der Waals surface area contributed by atoms with Gasteiger partial charge in [-0.3, -0.25) is 4.90 Å². The fourth-order valence-electron chi connectivity index (χ4n) is 4.43. The lowest BCUT2D eigenvalue weighted by atomic mass is 9.93. The van der Waals surface area contributed by atoms with E-state index in [4.69, 9.17) is 0 Å². The fourth-order valence-corrected chi connectivity index (χ4v) is 4.43. The minimum Gasteiger partial charge on any atom is -0.368 e. The maximum atomic E-state index is 9.40. The summed E-state index contributed by atoms with van der Waals surface area (Å²) in [7, 11) is 0. The van der Waals surface area contributed by atoms with E-state index in [0.717, 1.165) is 48.9 Å². The highest BCUT2D eigenvalue weighted by atomic mass is 15.3. The summed E-state index contributed by atoms with van der Waals surface area (Å²) in [4.78, 5) is 5.18. The van der Waals surface area contributed by atoms with Crippen molar-refractivity contribution in [3.63, 3.8) is 0 Å². The van der Waals surface area contributed by atoms with Gasteiger partial charge in [-0.1, -0.05) is 48.5 Å². The van der Waals surface area contributed by atoms with E-state index >= 15 is 0 Å². The second-order valence-electron chi connectivity index (χ2n) is 7.60. The smallest absolute Gasteiger partial charge is 0.0918 e. The van der Waals surface area contributed by atoms with Crippen molar-refractivity contribution in [3.8, 4) is 6.07 Å². The SMILES string of the molecule is N#CC=C1c2ccccc2C=C(N2CCN(C3CC3)CC2)c2ccccc21. The molecule has 0 bridgehead atoms. The normalized spacial score (nSPS) is 21.1. The van der Waals surface area contributed by atoms with Crippen LogP contribution in [0.1, 0.15) is 35.1 Å². The van der Waals surface area contributed by atoms with Gasteiger partial charge >= 0.3 is 0 Å². The first-order valence-corrected chi connectivity index (χ1v) is 9.85. The molecular weight excluding hydrogens is 330 g/mol. The quantitative estimate of drug-likeness (QED) is 0.757. The number of hydrogen-bond donors (Lipinski definition) is 0. The highest BCUT2D eigenvalue weighted by Crippen LogP contribution is 2.39. The average Bonchev–Trinajstić information content (AvgIpc) is 3.57. The molecule has 27 heavy (non-hydrogen) atoms. The molecule has 0 amide bonds. The van der Waals surface area contributed by atoms with E-state index in [2.05, 4.69) is 70.5 Å². The van der Waals surface area contributed by atoms with E-state index in [9.17, 15) is 5.26 Å². The lowest BCUT2D eigenvalue weighted by Crippen LogP contribution is -2.46. The summed E-state index contributed by atoms with van der Waals surface area (Å²) < 4.78 is 0. The van der Waals surface area contributed by atoms with Crippen LogP contribution in [0.3, 0.4) is 0 Å². The van der Waals surface area contributed by atoms with Gasteiger partial charge in [0.05, 0.1) is 6.07 Å². The number of rotatable bonds is 2. The number of piperazine rings is 1. The Bertz CT molecular complexity index is 967. The Morgan fingerprint density at radius 1 is 0.852 bits per heavy atom. The van der Waals surface area contributed by atoms with E-state index in [0.29, 0.717) is 0 Å². The Labute approximate surface area is 160 Å². The summed E-state index contributed by atoms with van der Waals surface area (Å²) >= 11 is 0. The summed E-state index contributed by atoms with van der Waals surface area (Å²) in [5.41, 5.74) is 7.02. The molecule has 2 aromatic carbocycles. The molecule has 3 heteroatoms. The number of benzene rings is 2. The third-order valence-electron chi connectivity index (χ3n) is 5.96. The molecule has 1 aliphatic heterocycles. The summed E-state index contributed by atoms with van der Waals surface area (Å²) in [6.45, 7) is 4.42. The first-order chi connectivity index (χ1) is 13.3. The minimum absolute atomic E-state index is 0.841. The number of nitriles is 1. The van der Waals surface area contributed by atoms with Crippen LogP contribution in [-0.4, -0.2) is 42.0 Å². The van der Waals surface area contributed by atoms with E-state index in [1.54, 1.807) is 6.08 Å². The maximum absolute atomic E-state index is 9.40. The summed E-state index contributed by atoms with van der Waals surface area (Å²) in [6, 6.07) is 20.0. The van der Waals surface area contributed by atoms with Gasteiger partial charge in [0.15, 0.2) is 0 Å². The Balaban J connectivity index is 1.60. The predicted molar refractivity (Wildman–Crippen MR) is 110 cm³/mol. The van der Waals surface area contributed by atoms with Crippen LogP contribution in [0.2, 0.25) is 0 Å². The molecule has 134 valence electrons. The third-order valence-corrected chi connectivity index (χ3v) is 5.96. The third kappa shape index (κ3) is 2.97. The Morgan fingerprint density at radius 3 is 2.22 bits per heavy atom. The van der Waals surface area contributed by atoms with Crippen molar-refractivity contribution in [3.05, 3.63) is 76.9 Å². The fraction of sp³-hybridized carbons (Fsp3) is 0.292. The van der Waals surface area contributed by atoms with Gasteiger partial charge in [-0.2, -0.15) is 5.26 Å². The van der Waals surface area contributed by atoms with Crippen LogP contribution in [0.25, 0.3) is 17.3 Å². The van der Waals surface area contributed by atoms with Gasteiger partial charge in [0.2, 0.25) is 0 Å². The number of fused-ring (bicyclic) bond motifs is 2. The van der Waals surface area contributed by atoms with Crippen molar-refractivity contribution in [1.29, 1.82) is 5.26 Å². The molecule has 0 atom stereocenters. The zero-order chi connectivity index (χ0) is 18.2. The molecule has 2 aliphatic carbocycles. The molecule has 3 aliphatic rings. The van der Waals surface area contributed by atoms with Gasteiger partial charge in [0.25, 0.3) is 0 Å². The van der Waals surface area contributed by atoms with Crippen LogP contribution in [0.4, 0.5) is 0 Å². The zero-order valence-electron chi connectivity index (χ0n) is 15.4. The highest BCUT2D eigenvalue weighted by Gasteiger charge is 2.32. The minimum atomic E-state index is 0.841. The molecule has 0 aromatic heterocycles. The van der Waals surface area contributed by atoms with Crippen LogP contribution >= 0.6 is 0 Å². The van der Waals surface area contributed by atoms with Gasteiger partial charge < -0.3 is 4.90 Å². The zero-order valence-corrected chi connectivity index (χ0v) is 15.4. The van der Waals surface area contributed by atoms with Gasteiger partial charge in [-0.05, 0) is 35.6 Å². The molecule has 1 saturated carbocycles. The molecule has 5 rings (SSSR count). The Kier molecular flexibility index (Phi) is 4.07. The molecule has 3 nitrogen and oxygen atoms in total. The van der Waals surface area contributed by atoms with Crippen molar-refractivity contribution >= 4 is 17.3 Å². The van der Waals surface area contributed by atoms with Crippen LogP contribution in [0.15, 0.2) is 54.6 Å². The topological polar surface area (TPSA) is 30.3 Å². The molecule has 0 spiro atoms. The summed E-state index contributed by atoms with van der Waals surface area (Å²) in [5, 5.41) is 9.40. The molecule has 1 heterocycles. The molecule has 2 fully saturated rings. The number of allylic oxidation sites excluding steroid dienone is 1. The van der Waals surface area contributed by atoms with Crippen LogP contribution in [0, 0.1) is 11.3 Å². The van der Waals surface area contributed by atoms with Gasteiger partial charge in [-0.15, -0.1) is 0 Å². The van der Waals surface area contributed by atoms with Crippen LogP contribution < -0.4 is 0 Å². The standard InChI is InChI=1S/C24H23N3/c25-12-11-22-20-6-2-1-5-18(20)17-24(23-8-4-3-7-21(22)23)27-15-13-26(14-16-27)19-9-10-19/h1-8,11,17,19H,9-10,13-16H2. The van der Waals surface area contributed by atoms with Gasteiger partial charge in [0, 0.05) is 55.1 Å². The van der Waals surface area contributed by atoms with Crippen molar-refractivity contribution in [2.75, 3.05) is 26.2 Å². The summed E-state index contributed by atoms with van der Waals surface area (Å²) in [6.07, 6.45) is 6.76. The van der Waals surface area contributed by atoms with Crippen LogP contribution in [0.5, 0.6) is 0 Å². The van der Waals surface area contributed by atoms with Gasteiger partial charge in [0.1, 0.15) is 0 Å². The van der Waals surface area contributed by atoms with E-state index in [1.807, 2.05) is 0 Å². The van der Waals surface area contributed by atoms with Crippen molar-refractivity contribution in [2.24, 2.45) is 0 Å². The second-order valence-corrected chi connectivity index (χ2v) is 7.60. The average molecular weight is 353 g/mol. The van der Waals surface area contributed by atoms with Crippen molar-refractivity contribution < 1.29 is 0 Å².